The monoisotopic (exact) mass is 201 g/mol. The summed E-state index contributed by atoms with van der Waals surface area (Å²) in [5.74, 6) is 0.869. The molecule has 0 radical (unpaired) electrons. The third kappa shape index (κ3) is 10.0. The van der Waals surface area contributed by atoms with Crippen molar-refractivity contribution < 1.29 is 4.74 Å². The number of ether oxygens (including phenoxy) is 1. The molecular weight excluding hydrogens is 174 g/mol. The van der Waals surface area contributed by atoms with E-state index in [-0.39, 0.29) is 0 Å². The summed E-state index contributed by atoms with van der Waals surface area (Å²) in [6.07, 6.45) is 7.56. The van der Waals surface area contributed by atoms with Gasteiger partial charge in [-0.05, 0) is 31.7 Å². The van der Waals surface area contributed by atoms with E-state index in [9.17, 15) is 0 Å². The topological polar surface area (TPSA) is 35.2 Å². The molecule has 2 N–H and O–H groups in total. The fraction of sp³-hybridized carbons (Fsp3) is 1.00. The summed E-state index contributed by atoms with van der Waals surface area (Å²) in [4.78, 5) is 0. The minimum Gasteiger partial charge on any atom is -0.381 e. The van der Waals surface area contributed by atoms with Gasteiger partial charge in [-0.3, -0.25) is 0 Å². The van der Waals surface area contributed by atoms with Crippen molar-refractivity contribution in [2.45, 2.75) is 52.4 Å². The molecule has 0 aliphatic heterocycles. The predicted octanol–water partition coefficient (Wildman–Crippen LogP) is 2.96. The molecule has 0 fully saturated rings. The highest BCUT2D eigenvalue weighted by molar-refractivity contribution is 4.53. The van der Waals surface area contributed by atoms with Crippen molar-refractivity contribution in [2.75, 3.05) is 19.8 Å². The zero-order valence-electron chi connectivity index (χ0n) is 9.93. The summed E-state index contributed by atoms with van der Waals surface area (Å²) < 4.78 is 5.45. The first-order chi connectivity index (χ1) is 6.81. The Labute approximate surface area is 89.2 Å². The van der Waals surface area contributed by atoms with Crippen molar-refractivity contribution in [1.29, 1.82) is 0 Å². The lowest BCUT2D eigenvalue weighted by atomic mass is 9.99. The molecule has 0 saturated carbocycles. The molecule has 0 aliphatic carbocycles. The Hall–Kier alpha value is -0.0800. The van der Waals surface area contributed by atoms with E-state index in [1.807, 2.05) is 0 Å². The van der Waals surface area contributed by atoms with Crippen LogP contribution < -0.4 is 5.73 Å². The molecule has 0 aromatic carbocycles. The molecule has 0 rings (SSSR count). The molecule has 0 spiro atoms. The molecule has 2 nitrogen and oxygen atoms in total. The number of hydrogen-bond donors (Lipinski definition) is 1. The lowest BCUT2D eigenvalue weighted by Crippen LogP contribution is -2.06. The first-order valence-electron chi connectivity index (χ1n) is 6.09. The van der Waals surface area contributed by atoms with Gasteiger partial charge in [0.25, 0.3) is 0 Å². The third-order valence-electron chi connectivity index (χ3n) is 2.53. The van der Waals surface area contributed by atoms with Crippen LogP contribution in [0.3, 0.4) is 0 Å². The molecule has 0 aromatic heterocycles. The lowest BCUT2D eigenvalue weighted by Gasteiger charge is -2.10. The molecule has 2 heteroatoms. The first-order valence-corrected chi connectivity index (χ1v) is 6.09. The predicted molar refractivity (Wildman–Crippen MR) is 62.4 cm³/mol. The Bertz CT molecular complexity index is 106. The van der Waals surface area contributed by atoms with Crippen LogP contribution in [0.15, 0.2) is 0 Å². The lowest BCUT2D eigenvalue weighted by molar-refractivity contribution is 0.126. The standard InChI is InChI=1S/C12H27NO/c1-3-4-7-12(2)8-5-10-14-11-6-9-13/h12H,3-11,13H2,1-2H3. The number of rotatable bonds is 10. The average molecular weight is 201 g/mol. The summed E-state index contributed by atoms with van der Waals surface area (Å²) in [7, 11) is 0. The minimum absolute atomic E-state index is 0.743. The number of nitrogens with two attached hydrogens (primary N) is 1. The number of hydrogen-bond acceptors (Lipinski definition) is 2. The van der Waals surface area contributed by atoms with Crippen LogP contribution >= 0.6 is 0 Å². The maximum atomic E-state index is 5.45. The fourth-order valence-electron chi connectivity index (χ4n) is 1.52. The van der Waals surface area contributed by atoms with Crippen molar-refractivity contribution in [2.24, 2.45) is 11.7 Å². The second-order valence-corrected chi connectivity index (χ2v) is 4.14. The van der Waals surface area contributed by atoms with Crippen molar-refractivity contribution in [3.63, 3.8) is 0 Å². The quantitative estimate of drug-likeness (QED) is 0.552. The van der Waals surface area contributed by atoms with E-state index in [0.29, 0.717) is 0 Å². The molecule has 0 aromatic rings. The van der Waals surface area contributed by atoms with Crippen molar-refractivity contribution in [3.8, 4) is 0 Å². The molecule has 14 heavy (non-hydrogen) atoms. The second kappa shape index (κ2) is 11.0. The summed E-state index contributed by atoms with van der Waals surface area (Å²) in [5.41, 5.74) is 5.37. The fourth-order valence-corrected chi connectivity index (χ4v) is 1.52. The van der Waals surface area contributed by atoms with Gasteiger partial charge < -0.3 is 10.5 Å². The summed E-state index contributed by atoms with van der Waals surface area (Å²) >= 11 is 0. The molecule has 0 amide bonds. The molecule has 0 aliphatic rings. The molecule has 1 unspecified atom stereocenters. The molecule has 86 valence electrons. The van der Waals surface area contributed by atoms with Gasteiger partial charge in [0.15, 0.2) is 0 Å². The molecule has 1 atom stereocenters. The van der Waals surface area contributed by atoms with Crippen LogP contribution in [0.5, 0.6) is 0 Å². The smallest absolute Gasteiger partial charge is 0.0478 e. The maximum absolute atomic E-state index is 5.45. The van der Waals surface area contributed by atoms with Gasteiger partial charge in [0.1, 0.15) is 0 Å². The van der Waals surface area contributed by atoms with Crippen LogP contribution in [0.4, 0.5) is 0 Å². The Morgan fingerprint density at radius 2 is 1.71 bits per heavy atom. The van der Waals surface area contributed by atoms with E-state index < -0.39 is 0 Å². The second-order valence-electron chi connectivity index (χ2n) is 4.14. The van der Waals surface area contributed by atoms with Crippen LogP contribution in [0.2, 0.25) is 0 Å². The molecule has 0 heterocycles. The van der Waals surface area contributed by atoms with E-state index in [1.165, 1.54) is 32.1 Å². The van der Waals surface area contributed by atoms with Crippen LogP contribution in [0.25, 0.3) is 0 Å². The molecule has 0 bridgehead atoms. The van der Waals surface area contributed by atoms with Crippen molar-refractivity contribution in [3.05, 3.63) is 0 Å². The number of unbranched alkanes of at least 4 members (excludes halogenated alkanes) is 1. The Morgan fingerprint density at radius 3 is 2.36 bits per heavy atom. The van der Waals surface area contributed by atoms with Crippen molar-refractivity contribution in [1.82, 2.24) is 0 Å². The Kier molecular flexibility index (Phi) is 10.9. The van der Waals surface area contributed by atoms with Gasteiger partial charge in [-0.2, -0.15) is 0 Å². The molecular formula is C12H27NO. The SMILES string of the molecule is CCCCC(C)CCCOCCCN. The van der Waals surface area contributed by atoms with Gasteiger partial charge in [0.2, 0.25) is 0 Å². The highest BCUT2D eigenvalue weighted by Crippen LogP contribution is 2.13. The van der Waals surface area contributed by atoms with Crippen LogP contribution in [-0.2, 0) is 4.74 Å². The summed E-state index contributed by atoms with van der Waals surface area (Å²) in [6.45, 7) is 7.08. The highest BCUT2D eigenvalue weighted by Gasteiger charge is 2.00. The van der Waals surface area contributed by atoms with Crippen LogP contribution in [0.1, 0.15) is 52.4 Å². The van der Waals surface area contributed by atoms with Crippen LogP contribution in [0, 0.1) is 5.92 Å². The normalized spacial score (nSPS) is 13.1. The maximum Gasteiger partial charge on any atom is 0.0478 e. The first kappa shape index (κ1) is 13.9. The van der Waals surface area contributed by atoms with Gasteiger partial charge in [-0.1, -0.05) is 33.1 Å². The Balaban J connectivity index is 3.02. The largest absolute Gasteiger partial charge is 0.381 e. The van der Waals surface area contributed by atoms with E-state index >= 15 is 0 Å². The Morgan fingerprint density at radius 1 is 1.07 bits per heavy atom. The van der Waals surface area contributed by atoms with E-state index in [0.717, 1.165) is 32.1 Å². The minimum atomic E-state index is 0.743. The average Bonchev–Trinajstić information content (AvgIpc) is 2.20. The zero-order chi connectivity index (χ0) is 10.6. The molecule has 0 saturated heterocycles. The summed E-state index contributed by atoms with van der Waals surface area (Å²) in [6, 6.07) is 0. The highest BCUT2D eigenvalue weighted by atomic mass is 16.5. The van der Waals surface area contributed by atoms with Gasteiger partial charge in [-0.15, -0.1) is 0 Å². The van der Waals surface area contributed by atoms with E-state index in [4.69, 9.17) is 10.5 Å². The zero-order valence-corrected chi connectivity index (χ0v) is 9.93. The van der Waals surface area contributed by atoms with Crippen molar-refractivity contribution >= 4 is 0 Å². The van der Waals surface area contributed by atoms with Gasteiger partial charge in [-0.25, -0.2) is 0 Å². The third-order valence-corrected chi connectivity index (χ3v) is 2.53. The summed E-state index contributed by atoms with van der Waals surface area (Å²) in [5, 5.41) is 0. The van der Waals surface area contributed by atoms with Gasteiger partial charge >= 0.3 is 0 Å². The van der Waals surface area contributed by atoms with Crippen LogP contribution in [-0.4, -0.2) is 19.8 Å². The van der Waals surface area contributed by atoms with E-state index in [1.54, 1.807) is 0 Å². The van der Waals surface area contributed by atoms with Gasteiger partial charge in [0, 0.05) is 13.2 Å². The van der Waals surface area contributed by atoms with E-state index in [2.05, 4.69) is 13.8 Å². The van der Waals surface area contributed by atoms with Gasteiger partial charge in [0.05, 0.1) is 0 Å².